The summed E-state index contributed by atoms with van der Waals surface area (Å²) in [5.74, 6) is 0.491. The number of rotatable bonds is 7. The summed E-state index contributed by atoms with van der Waals surface area (Å²) in [5.41, 5.74) is 1.27. The van der Waals surface area contributed by atoms with E-state index in [-0.39, 0.29) is 11.7 Å². The molecule has 1 saturated heterocycles. The van der Waals surface area contributed by atoms with Crippen LogP contribution in [0.15, 0.2) is 67.0 Å². The van der Waals surface area contributed by atoms with Crippen LogP contribution in [-0.4, -0.2) is 31.2 Å². The number of amides is 1. The first kappa shape index (κ1) is 21.8. The van der Waals surface area contributed by atoms with Crippen LogP contribution in [0.4, 0.5) is 10.1 Å². The van der Waals surface area contributed by atoms with Crippen molar-refractivity contribution < 1.29 is 23.4 Å². The molecule has 0 bridgehead atoms. The maximum Gasteiger partial charge on any atom is 0.235 e. The Morgan fingerprint density at radius 3 is 2.69 bits per heavy atom. The van der Waals surface area contributed by atoms with E-state index in [9.17, 15) is 9.18 Å². The molecule has 4 rings (SSSR count). The van der Waals surface area contributed by atoms with Crippen LogP contribution in [0.3, 0.4) is 0 Å². The number of aromatic nitrogens is 1. The molecule has 1 N–H and O–H groups in total. The SMILES string of the molecule is COc1ccc(NC(=O)C2(c3cccc(F)c3)CCOCC2)cc1OCc1cccnc1. The number of hydrogen-bond acceptors (Lipinski definition) is 5. The molecule has 2 aromatic carbocycles. The van der Waals surface area contributed by atoms with Gasteiger partial charge >= 0.3 is 0 Å². The average molecular weight is 436 g/mol. The number of hydrogen-bond donors (Lipinski definition) is 1. The van der Waals surface area contributed by atoms with Crippen molar-refractivity contribution in [1.29, 1.82) is 0 Å². The van der Waals surface area contributed by atoms with E-state index in [1.165, 1.54) is 12.1 Å². The van der Waals surface area contributed by atoms with Crippen LogP contribution in [-0.2, 0) is 21.6 Å². The van der Waals surface area contributed by atoms with Crippen molar-refractivity contribution >= 4 is 11.6 Å². The van der Waals surface area contributed by atoms with Gasteiger partial charge in [0.25, 0.3) is 0 Å². The molecule has 32 heavy (non-hydrogen) atoms. The van der Waals surface area contributed by atoms with Gasteiger partial charge in [0.1, 0.15) is 12.4 Å². The molecule has 0 saturated carbocycles. The predicted molar refractivity (Wildman–Crippen MR) is 118 cm³/mol. The maximum atomic E-state index is 13.9. The minimum absolute atomic E-state index is 0.199. The number of benzene rings is 2. The van der Waals surface area contributed by atoms with Crippen LogP contribution >= 0.6 is 0 Å². The summed E-state index contributed by atoms with van der Waals surface area (Å²) in [6.45, 7) is 1.18. The number of halogens is 1. The standard InChI is InChI=1S/C25H25FN2O4/c1-30-22-8-7-21(15-23(22)32-17-18-4-3-11-27-16-18)28-24(29)25(9-12-31-13-10-25)19-5-2-6-20(26)14-19/h2-8,11,14-16H,9-10,12-13,17H2,1H3,(H,28,29). The molecule has 0 unspecified atom stereocenters. The van der Waals surface area contributed by atoms with E-state index in [1.807, 2.05) is 12.1 Å². The van der Waals surface area contributed by atoms with E-state index >= 15 is 0 Å². The number of methoxy groups -OCH3 is 1. The van der Waals surface area contributed by atoms with E-state index < -0.39 is 5.41 Å². The Balaban J connectivity index is 1.57. The largest absolute Gasteiger partial charge is 0.493 e. The van der Waals surface area contributed by atoms with Crippen LogP contribution in [0.25, 0.3) is 0 Å². The average Bonchev–Trinajstić information content (AvgIpc) is 2.84. The van der Waals surface area contributed by atoms with Crippen molar-refractivity contribution in [2.45, 2.75) is 24.9 Å². The lowest BCUT2D eigenvalue weighted by Gasteiger charge is -2.36. The molecular formula is C25H25FN2O4. The van der Waals surface area contributed by atoms with E-state index in [4.69, 9.17) is 14.2 Å². The molecule has 0 radical (unpaired) electrons. The number of anilines is 1. The van der Waals surface area contributed by atoms with Gasteiger partial charge < -0.3 is 19.5 Å². The van der Waals surface area contributed by atoms with Gasteiger partial charge in [-0.25, -0.2) is 4.39 Å². The molecule has 1 aliphatic rings. The Morgan fingerprint density at radius 2 is 1.97 bits per heavy atom. The fourth-order valence-electron chi connectivity index (χ4n) is 3.92. The first-order valence-corrected chi connectivity index (χ1v) is 10.5. The lowest BCUT2D eigenvalue weighted by Crippen LogP contribution is -2.44. The Morgan fingerprint density at radius 1 is 1.12 bits per heavy atom. The first-order valence-electron chi connectivity index (χ1n) is 10.5. The smallest absolute Gasteiger partial charge is 0.235 e. The first-order chi connectivity index (χ1) is 15.6. The van der Waals surface area contributed by atoms with Crippen molar-refractivity contribution in [3.8, 4) is 11.5 Å². The molecule has 1 fully saturated rings. The van der Waals surface area contributed by atoms with Gasteiger partial charge in [0.2, 0.25) is 5.91 Å². The summed E-state index contributed by atoms with van der Waals surface area (Å²) in [6.07, 6.45) is 4.38. The highest BCUT2D eigenvalue weighted by molar-refractivity contribution is 5.99. The van der Waals surface area contributed by atoms with Crippen LogP contribution in [0.5, 0.6) is 11.5 Å². The summed E-state index contributed by atoms with van der Waals surface area (Å²) >= 11 is 0. The monoisotopic (exact) mass is 436 g/mol. The zero-order valence-corrected chi connectivity index (χ0v) is 17.8. The van der Waals surface area contributed by atoms with Crippen LogP contribution in [0, 0.1) is 5.82 Å². The Labute approximate surface area is 186 Å². The van der Waals surface area contributed by atoms with E-state index in [1.54, 1.807) is 49.8 Å². The van der Waals surface area contributed by atoms with Crippen LogP contribution in [0.2, 0.25) is 0 Å². The number of nitrogens with one attached hydrogen (secondary N) is 1. The van der Waals surface area contributed by atoms with Crippen molar-refractivity contribution in [3.05, 3.63) is 83.9 Å². The van der Waals surface area contributed by atoms with Crippen molar-refractivity contribution in [2.24, 2.45) is 0 Å². The molecule has 0 atom stereocenters. The van der Waals surface area contributed by atoms with Crippen LogP contribution in [0.1, 0.15) is 24.0 Å². The molecule has 7 heteroatoms. The normalized spacial score (nSPS) is 15.1. The molecule has 3 aromatic rings. The molecule has 1 aromatic heterocycles. The second kappa shape index (κ2) is 9.78. The Bertz CT molecular complexity index is 1070. The van der Waals surface area contributed by atoms with Crippen molar-refractivity contribution in [2.75, 3.05) is 25.6 Å². The van der Waals surface area contributed by atoms with E-state index in [0.717, 1.165) is 5.56 Å². The highest BCUT2D eigenvalue weighted by Crippen LogP contribution is 2.37. The minimum atomic E-state index is -0.864. The molecule has 1 amide bonds. The maximum absolute atomic E-state index is 13.9. The zero-order valence-electron chi connectivity index (χ0n) is 17.8. The molecule has 0 aliphatic carbocycles. The molecular weight excluding hydrogens is 411 g/mol. The lowest BCUT2D eigenvalue weighted by molar-refractivity contribution is -0.125. The summed E-state index contributed by atoms with van der Waals surface area (Å²) in [5, 5.41) is 3.00. The van der Waals surface area contributed by atoms with Crippen LogP contribution < -0.4 is 14.8 Å². The summed E-state index contributed by atoms with van der Waals surface area (Å²) in [7, 11) is 1.56. The fraction of sp³-hybridized carbons (Fsp3) is 0.280. The quantitative estimate of drug-likeness (QED) is 0.591. The third-order valence-electron chi connectivity index (χ3n) is 5.70. The molecule has 2 heterocycles. The Kier molecular flexibility index (Phi) is 6.66. The molecule has 1 aliphatic heterocycles. The number of carbonyl (C=O) groups excluding carboxylic acids is 1. The molecule has 0 spiro atoms. The van der Waals surface area contributed by atoms with Gasteiger partial charge in [-0.1, -0.05) is 18.2 Å². The topological polar surface area (TPSA) is 69.7 Å². The molecule has 166 valence electrons. The lowest BCUT2D eigenvalue weighted by atomic mass is 9.73. The summed E-state index contributed by atoms with van der Waals surface area (Å²) in [4.78, 5) is 17.6. The van der Waals surface area contributed by atoms with Gasteiger partial charge in [-0.15, -0.1) is 0 Å². The summed E-state index contributed by atoms with van der Waals surface area (Å²) < 4.78 is 30.8. The third kappa shape index (κ3) is 4.73. The third-order valence-corrected chi connectivity index (χ3v) is 5.70. The van der Waals surface area contributed by atoms with Gasteiger partial charge in [-0.05, 0) is 48.7 Å². The van der Waals surface area contributed by atoms with Crippen molar-refractivity contribution in [1.82, 2.24) is 4.98 Å². The summed E-state index contributed by atoms with van der Waals surface area (Å²) in [6, 6.07) is 15.2. The second-order valence-electron chi connectivity index (χ2n) is 7.67. The Hall–Kier alpha value is -3.45. The number of pyridine rings is 1. The minimum Gasteiger partial charge on any atom is -0.493 e. The fourth-order valence-corrected chi connectivity index (χ4v) is 3.92. The van der Waals surface area contributed by atoms with Gasteiger partial charge in [-0.3, -0.25) is 9.78 Å². The van der Waals surface area contributed by atoms with Gasteiger partial charge in [-0.2, -0.15) is 0 Å². The van der Waals surface area contributed by atoms with E-state index in [2.05, 4.69) is 10.3 Å². The van der Waals surface area contributed by atoms with Crippen molar-refractivity contribution in [3.63, 3.8) is 0 Å². The number of carbonyl (C=O) groups is 1. The highest BCUT2D eigenvalue weighted by Gasteiger charge is 2.42. The van der Waals surface area contributed by atoms with Gasteiger partial charge in [0, 0.05) is 42.9 Å². The van der Waals surface area contributed by atoms with Gasteiger partial charge in [0.05, 0.1) is 12.5 Å². The zero-order chi connectivity index (χ0) is 22.4. The van der Waals surface area contributed by atoms with Gasteiger partial charge in [0.15, 0.2) is 11.5 Å². The molecule has 6 nitrogen and oxygen atoms in total. The predicted octanol–water partition coefficient (Wildman–Crippen LogP) is 4.50. The second-order valence-corrected chi connectivity index (χ2v) is 7.67. The van der Waals surface area contributed by atoms with E-state index in [0.29, 0.717) is 55.4 Å². The number of ether oxygens (including phenoxy) is 3. The number of nitrogens with zero attached hydrogens (tertiary/aromatic N) is 1. The highest BCUT2D eigenvalue weighted by atomic mass is 19.1.